The maximum absolute atomic E-state index is 12.6. The van der Waals surface area contributed by atoms with Crippen LogP contribution in [0.25, 0.3) is 10.8 Å². The zero-order chi connectivity index (χ0) is 16.5. The van der Waals surface area contributed by atoms with Crippen LogP contribution in [0.3, 0.4) is 0 Å². The van der Waals surface area contributed by atoms with Crippen molar-refractivity contribution in [2.45, 2.75) is 31.4 Å². The Morgan fingerprint density at radius 3 is 2.79 bits per heavy atom. The summed E-state index contributed by atoms with van der Waals surface area (Å²) in [6, 6.07) is 3.93. The molecule has 0 aromatic carbocycles. The number of thiazole rings is 1. The van der Waals surface area contributed by atoms with Gasteiger partial charge in [-0.2, -0.15) is 0 Å². The van der Waals surface area contributed by atoms with Crippen molar-refractivity contribution >= 4 is 17.2 Å². The van der Waals surface area contributed by atoms with Gasteiger partial charge in [-0.15, -0.1) is 11.3 Å². The Bertz CT molecular complexity index is 692. The topological polar surface area (TPSA) is 69.8 Å². The third-order valence-corrected chi connectivity index (χ3v) is 5.83. The summed E-state index contributed by atoms with van der Waals surface area (Å²) in [5.74, 6) is 0.676. The van der Waals surface area contributed by atoms with Crippen molar-refractivity contribution in [3.63, 3.8) is 0 Å². The first-order valence-electron chi connectivity index (χ1n) is 8.43. The molecule has 4 rings (SSSR count). The Hall–Kier alpha value is -1.70. The van der Waals surface area contributed by atoms with E-state index in [4.69, 9.17) is 4.42 Å². The average molecular weight is 347 g/mol. The number of aliphatic hydroxyl groups excluding tert-OH is 1. The van der Waals surface area contributed by atoms with E-state index in [1.165, 1.54) is 11.3 Å². The van der Waals surface area contributed by atoms with Crippen molar-refractivity contribution in [3.8, 4) is 10.8 Å². The quantitative estimate of drug-likeness (QED) is 0.920. The van der Waals surface area contributed by atoms with Gasteiger partial charge < -0.3 is 14.4 Å². The van der Waals surface area contributed by atoms with E-state index in [0.29, 0.717) is 24.5 Å². The predicted molar refractivity (Wildman–Crippen MR) is 90.9 cm³/mol. The number of hydrogen-bond acceptors (Lipinski definition) is 6. The maximum Gasteiger partial charge on any atom is 0.273 e. The summed E-state index contributed by atoms with van der Waals surface area (Å²) in [6.45, 7) is 3.02. The van der Waals surface area contributed by atoms with Crippen LogP contribution in [0.4, 0.5) is 0 Å². The third kappa shape index (κ3) is 2.99. The number of aliphatic hydroxyl groups is 1. The molecule has 1 saturated carbocycles. The molecular weight excluding hydrogens is 326 g/mol. The van der Waals surface area contributed by atoms with Gasteiger partial charge in [-0.3, -0.25) is 9.69 Å². The van der Waals surface area contributed by atoms with Crippen molar-refractivity contribution in [2.75, 3.05) is 26.2 Å². The minimum atomic E-state index is -0.207. The summed E-state index contributed by atoms with van der Waals surface area (Å²) in [6.07, 6.45) is 4.46. The summed E-state index contributed by atoms with van der Waals surface area (Å²) in [5.41, 5.74) is 0.487. The van der Waals surface area contributed by atoms with E-state index in [1.807, 2.05) is 17.0 Å². The molecule has 6 nitrogen and oxygen atoms in total. The van der Waals surface area contributed by atoms with Gasteiger partial charge in [0.25, 0.3) is 5.91 Å². The number of amides is 1. The average Bonchev–Trinajstić information content (AvgIpc) is 3.35. The second kappa shape index (κ2) is 6.66. The van der Waals surface area contributed by atoms with Crippen molar-refractivity contribution in [2.24, 2.45) is 0 Å². The molecule has 0 radical (unpaired) electrons. The van der Waals surface area contributed by atoms with E-state index in [-0.39, 0.29) is 18.1 Å². The lowest BCUT2D eigenvalue weighted by Gasteiger charge is -2.38. The maximum atomic E-state index is 12.6. The van der Waals surface area contributed by atoms with Gasteiger partial charge in [0.15, 0.2) is 10.8 Å². The molecule has 0 unspecified atom stereocenters. The Morgan fingerprint density at radius 1 is 1.29 bits per heavy atom. The minimum Gasteiger partial charge on any atom is -0.462 e. The smallest absolute Gasteiger partial charge is 0.273 e. The second-order valence-electron chi connectivity index (χ2n) is 6.41. The summed E-state index contributed by atoms with van der Waals surface area (Å²) in [7, 11) is 0. The predicted octanol–water partition coefficient (Wildman–Crippen LogP) is 2.07. The monoisotopic (exact) mass is 347 g/mol. The fourth-order valence-corrected chi connectivity index (χ4v) is 4.41. The molecular formula is C17H21N3O3S. The molecule has 1 saturated heterocycles. The first-order chi connectivity index (χ1) is 11.7. The van der Waals surface area contributed by atoms with Crippen LogP contribution in [0, 0.1) is 0 Å². The Labute approximate surface area is 144 Å². The normalized spacial score (nSPS) is 25.3. The number of hydrogen-bond donors (Lipinski definition) is 1. The molecule has 1 aliphatic carbocycles. The lowest BCUT2D eigenvalue weighted by Crippen LogP contribution is -2.53. The lowest BCUT2D eigenvalue weighted by molar-refractivity contribution is 0.0313. The van der Waals surface area contributed by atoms with E-state index < -0.39 is 0 Å². The van der Waals surface area contributed by atoms with Gasteiger partial charge >= 0.3 is 0 Å². The number of carbonyl (C=O) groups excluding carboxylic acids is 1. The molecule has 3 heterocycles. The number of furan rings is 1. The van der Waals surface area contributed by atoms with Gasteiger partial charge in [0.05, 0.1) is 12.4 Å². The molecule has 2 atom stereocenters. The largest absolute Gasteiger partial charge is 0.462 e. The standard InChI is InChI=1S/C17H21N3O3S/c21-14-4-1-3-13(14)19-6-8-20(9-7-19)17(22)12-11-24-16(18-12)15-5-2-10-23-15/h2,5,10-11,13-14,21H,1,3-4,6-9H2/t13-,14-/m0/s1. The van der Waals surface area contributed by atoms with Crippen LogP contribution >= 0.6 is 11.3 Å². The van der Waals surface area contributed by atoms with Gasteiger partial charge in [0.1, 0.15) is 5.69 Å². The van der Waals surface area contributed by atoms with Gasteiger partial charge in [-0.1, -0.05) is 0 Å². The van der Waals surface area contributed by atoms with E-state index in [1.54, 1.807) is 11.6 Å². The molecule has 0 spiro atoms. The summed E-state index contributed by atoms with van der Waals surface area (Å²) in [4.78, 5) is 21.3. The number of rotatable bonds is 3. The molecule has 2 aromatic rings. The summed E-state index contributed by atoms with van der Waals surface area (Å²) < 4.78 is 5.33. The molecule has 1 aliphatic heterocycles. The molecule has 2 aromatic heterocycles. The highest BCUT2D eigenvalue weighted by Crippen LogP contribution is 2.27. The van der Waals surface area contributed by atoms with Crippen LogP contribution in [0.1, 0.15) is 29.8 Å². The van der Waals surface area contributed by atoms with Crippen molar-refractivity contribution < 1.29 is 14.3 Å². The summed E-state index contributed by atoms with van der Waals surface area (Å²) in [5, 5.41) is 12.6. The fraction of sp³-hybridized carbons (Fsp3) is 0.529. The first kappa shape index (κ1) is 15.8. The Morgan fingerprint density at radius 2 is 2.12 bits per heavy atom. The van der Waals surface area contributed by atoms with Crippen LogP contribution in [-0.2, 0) is 0 Å². The molecule has 0 bridgehead atoms. The molecule has 2 fully saturated rings. The third-order valence-electron chi connectivity index (χ3n) is 4.97. The SMILES string of the molecule is O=C(c1csc(-c2ccco2)n1)N1CCN([C@H]2CCC[C@@H]2O)CC1. The molecule has 24 heavy (non-hydrogen) atoms. The number of carbonyl (C=O) groups is 1. The fourth-order valence-electron chi connectivity index (χ4n) is 3.65. The number of piperazine rings is 1. The minimum absolute atomic E-state index is 0.0179. The highest BCUT2D eigenvalue weighted by Gasteiger charge is 2.33. The van der Waals surface area contributed by atoms with Gasteiger partial charge in [0, 0.05) is 37.6 Å². The van der Waals surface area contributed by atoms with Crippen molar-refractivity contribution in [3.05, 3.63) is 29.5 Å². The molecule has 2 aliphatic rings. The molecule has 128 valence electrons. The Balaban J connectivity index is 1.38. The molecule has 1 N–H and O–H groups in total. The van der Waals surface area contributed by atoms with Crippen LogP contribution in [0.5, 0.6) is 0 Å². The highest BCUT2D eigenvalue weighted by atomic mass is 32.1. The number of aromatic nitrogens is 1. The van der Waals surface area contributed by atoms with Gasteiger partial charge in [-0.25, -0.2) is 4.98 Å². The Kier molecular flexibility index (Phi) is 4.39. The van der Waals surface area contributed by atoms with Crippen LogP contribution < -0.4 is 0 Å². The zero-order valence-electron chi connectivity index (χ0n) is 13.4. The van der Waals surface area contributed by atoms with E-state index in [2.05, 4.69) is 9.88 Å². The van der Waals surface area contributed by atoms with Gasteiger partial charge in [-0.05, 0) is 31.4 Å². The first-order valence-corrected chi connectivity index (χ1v) is 9.31. The zero-order valence-corrected chi connectivity index (χ0v) is 14.2. The molecule has 7 heteroatoms. The highest BCUT2D eigenvalue weighted by molar-refractivity contribution is 7.13. The van der Waals surface area contributed by atoms with E-state index in [0.717, 1.165) is 37.4 Å². The van der Waals surface area contributed by atoms with Gasteiger partial charge in [0.2, 0.25) is 0 Å². The number of nitrogens with zero attached hydrogens (tertiary/aromatic N) is 3. The molecule has 1 amide bonds. The van der Waals surface area contributed by atoms with E-state index in [9.17, 15) is 9.90 Å². The van der Waals surface area contributed by atoms with Crippen LogP contribution in [0.2, 0.25) is 0 Å². The lowest BCUT2D eigenvalue weighted by atomic mass is 10.1. The summed E-state index contributed by atoms with van der Waals surface area (Å²) >= 11 is 1.43. The van der Waals surface area contributed by atoms with Crippen LogP contribution in [0.15, 0.2) is 28.2 Å². The van der Waals surface area contributed by atoms with Crippen molar-refractivity contribution in [1.82, 2.24) is 14.8 Å². The van der Waals surface area contributed by atoms with Crippen molar-refractivity contribution in [1.29, 1.82) is 0 Å². The van der Waals surface area contributed by atoms with Crippen LogP contribution in [-0.4, -0.2) is 64.1 Å². The van der Waals surface area contributed by atoms with E-state index >= 15 is 0 Å². The second-order valence-corrected chi connectivity index (χ2v) is 7.27.